The molecule has 2 aliphatic carbocycles. The zero-order chi connectivity index (χ0) is 9.60. The van der Waals surface area contributed by atoms with Gasteiger partial charge in [-0.05, 0) is 25.2 Å². The van der Waals surface area contributed by atoms with Gasteiger partial charge in [0.15, 0.2) is 0 Å². The van der Waals surface area contributed by atoms with Gasteiger partial charge in [0.1, 0.15) is 0 Å². The van der Waals surface area contributed by atoms with Crippen LogP contribution in [0.15, 0.2) is 0 Å². The first-order valence-electron chi connectivity index (χ1n) is 6.28. The monoisotopic (exact) mass is 194 g/mol. The number of rotatable bonds is 1. The topological polar surface area (TPSA) is 15.3 Å². The quantitative estimate of drug-likeness (QED) is 0.682. The highest BCUT2D eigenvalue weighted by Crippen LogP contribution is 2.39. The molecule has 3 rings (SSSR count). The molecule has 0 radical (unpaired) electrons. The Morgan fingerprint density at radius 3 is 2.64 bits per heavy atom. The second-order valence-corrected chi connectivity index (χ2v) is 5.67. The van der Waals surface area contributed by atoms with Crippen molar-refractivity contribution in [1.82, 2.24) is 10.2 Å². The van der Waals surface area contributed by atoms with Crippen molar-refractivity contribution in [3.63, 3.8) is 0 Å². The Labute approximate surface area is 87.0 Å². The Morgan fingerprint density at radius 1 is 1.29 bits per heavy atom. The highest BCUT2D eigenvalue weighted by atomic mass is 15.3. The van der Waals surface area contributed by atoms with E-state index in [0.717, 1.165) is 12.0 Å². The minimum atomic E-state index is 0.528. The summed E-state index contributed by atoms with van der Waals surface area (Å²) in [5, 5.41) is 3.78. The largest absolute Gasteiger partial charge is 0.309 e. The standard InChI is InChI=1S/C12H22N2/c1-10-8-11(10)14-7-6-13-12(9-14)4-2-3-5-12/h10-11,13H,2-9H2,1H3. The zero-order valence-electron chi connectivity index (χ0n) is 9.26. The summed E-state index contributed by atoms with van der Waals surface area (Å²) < 4.78 is 0. The van der Waals surface area contributed by atoms with Crippen LogP contribution in [0.25, 0.3) is 0 Å². The van der Waals surface area contributed by atoms with Crippen LogP contribution in [0.2, 0.25) is 0 Å². The van der Waals surface area contributed by atoms with Gasteiger partial charge >= 0.3 is 0 Å². The molecule has 2 atom stereocenters. The van der Waals surface area contributed by atoms with Crippen LogP contribution in [0, 0.1) is 5.92 Å². The summed E-state index contributed by atoms with van der Waals surface area (Å²) in [5.74, 6) is 0.978. The van der Waals surface area contributed by atoms with E-state index in [4.69, 9.17) is 0 Å². The van der Waals surface area contributed by atoms with E-state index >= 15 is 0 Å². The smallest absolute Gasteiger partial charge is 0.0309 e. The average molecular weight is 194 g/mol. The maximum Gasteiger partial charge on any atom is 0.0309 e. The van der Waals surface area contributed by atoms with E-state index in [9.17, 15) is 0 Å². The van der Waals surface area contributed by atoms with Gasteiger partial charge in [-0.3, -0.25) is 4.90 Å². The molecular formula is C12H22N2. The predicted octanol–water partition coefficient (Wildman–Crippen LogP) is 1.61. The first-order chi connectivity index (χ1) is 6.79. The molecule has 1 aliphatic heterocycles. The molecule has 0 bridgehead atoms. The van der Waals surface area contributed by atoms with Crippen LogP contribution < -0.4 is 5.32 Å². The summed E-state index contributed by atoms with van der Waals surface area (Å²) in [4.78, 5) is 2.76. The molecule has 2 saturated carbocycles. The van der Waals surface area contributed by atoms with E-state index in [-0.39, 0.29) is 0 Å². The van der Waals surface area contributed by atoms with Gasteiger partial charge in [0, 0.05) is 31.2 Å². The SMILES string of the molecule is CC1CC1N1CCNC2(CCCC2)C1. The lowest BCUT2D eigenvalue weighted by Crippen LogP contribution is -2.59. The first-order valence-corrected chi connectivity index (χ1v) is 6.28. The highest BCUT2D eigenvalue weighted by Gasteiger charge is 2.44. The van der Waals surface area contributed by atoms with Gasteiger partial charge in [-0.15, -0.1) is 0 Å². The summed E-state index contributed by atoms with van der Waals surface area (Å²) in [6, 6.07) is 0.939. The van der Waals surface area contributed by atoms with Crippen LogP contribution >= 0.6 is 0 Å². The maximum atomic E-state index is 3.78. The third kappa shape index (κ3) is 1.49. The lowest BCUT2D eigenvalue weighted by molar-refractivity contribution is 0.124. The van der Waals surface area contributed by atoms with Gasteiger partial charge in [0.2, 0.25) is 0 Å². The van der Waals surface area contributed by atoms with Gasteiger partial charge in [-0.2, -0.15) is 0 Å². The Hall–Kier alpha value is -0.0800. The first kappa shape index (κ1) is 9.17. The summed E-state index contributed by atoms with van der Waals surface area (Å²) >= 11 is 0. The van der Waals surface area contributed by atoms with Crippen LogP contribution in [0.3, 0.4) is 0 Å². The lowest BCUT2D eigenvalue weighted by Gasteiger charge is -2.42. The Bertz CT molecular complexity index is 220. The molecule has 80 valence electrons. The second-order valence-electron chi connectivity index (χ2n) is 5.67. The molecule has 0 amide bonds. The van der Waals surface area contributed by atoms with Crippen molar-refractivity contribution >= 4 is 0 Å². The summed E-state index contributed by atoms with van der Waals surface area (Å²) in [6.45, 7) is 6.25. The molecule has 0 aromatic rings. The molecule has 14 heavy (non-hydrogen) atoms. The molecule has 1 heterocycles. The minimum absolute atomic E-state index is 0.528. The molecule has 3 fully saturated rings. The third-order valence-electron chi connectivity index (χ3n) is 4.50. The zero-order valence-corrected chi connectivity index (χ0v) is 9.26. The fourth-order valence-corrected chi connectivity index (χ4v) is 3.47. The van der Waals surface area contributed by atoms with E-state index in [1.54, 1.807) is 0 Å². The van der Waals surface area contributed by atoms with Gasteiger partial charge in [-0.1, -0.05) is 19.8 Å². The van der Waals surface area contributed by atoms with Crippen LogP contribution in [0.1, 0.15) is 39.0 Å². The molecule has 0 aromatic heterocycles. The van der Waals surface area contributed by atoms with Crippen molar-refractivity contribution in [2.45, 2.75) is 50.6 Å². The van der Waals surface area contributed by atoms with E-state index in [0.29, 0.717) is 5.54 Å². The highest BCUT2D eigenvalue weighted by molar-refractivity contribution is 5.03. The molecule has 0 aromatic carbocycles. The molecule has 2 unspecified atom stereocenters. The fourth-order valence-electron chi connectivity index (χ4n) is 3.47. The van der Waals surface area contributed by atoms with Crippen molar-refractivity contribution in [2.24, 2.45) is 5.92 Å². The van der Waals surface area contributed by atoms with E-state index in [1.807, 2.05) is 0 Å². The lowest BCUT2D eigenvalue weighted by atomic mass is 9.94. The Kier molecular flexibility index (Phi) is 2.10. The summed E-state index contributed by atoms with van der Waals surface area (Å²) in [7, 11) is 0. The van der Waals surface area contributed by atoms with E-state index < -0.39 is 0 Å². The van der Waals surface area contributed by atoms with Crippen molar-refractivity contribution in [3.8, 4) is 0 Å². The van der Waals surface area contributed by atoms with Gasteiger partial charge in [-0.25, -0.2) is 0 Å². The van der Waals surface area contributed by atoms with E-state index in [2.05, 4.69) is 17.1 Å². The van der Waals surface area contributed by atoms with Gasteiger partial charge in [0.05, 0.1) is 0 Å². The molecule has 1 spiro atoms. The van der Waals surface area contributed by atoms with Crippen molar-refractivity contribution < 1.29 is 0 Å². The van der Waals surface area contributed by atoms with Gasteiger partial charge < -0.3 is 5.32 Å². The average Bonchev–Trinajstić information content (AvgIpc) is 2.76. The molecule has 2 heteroatoms. The maximum absolute atomic E-state index is 3.78. The number of hydrogen-bond acceptors (Lipinski definition) is 2. The van der Waals surface area contributed by atoms with Crippen molar-refractivity contribution in [2.75, 3.05) is 19.6 Å². The second kappa shape index (κ2) is 3.21. The van der Waals surface area contributed by atoms with Crippen LogP contribution in [-0.2, 0) is 0 Å². The molecule has 3 aliphatic rings. The van der Waals surface area contributed by atoms with E-state index in [1.165, 1.54) is 51.7 Å². The number of nitrogens with zero attached hydrogens (tertiary/aromatic N) is 1. The minimum Gasteiger partial charge on any atom is -0.309 e. The number of hydrogen-bond donors (Lipinski definition) is 1. The van der Waals surface area contributed by atoms with Crippen molar-refractivity contribution in [1.29, 1.82) is 0 Å². The normalized spacial score (nSPS) is 41.8. The summed E-state index contributed by atoms with van der Waals surface area (Å²) in [5.41, 5.74) is 0.528. The Balaban J connectivity index is 1.66. The molecule has 2 nitrogen and oxygen atoms in total. The van der Waals surface area contributed by atoms with Crippen LogP contribution in [-0.4, -0.2) is 36.1 Å². The fraction of sp³-hybridized carbons (Fsp3) is 1.00. The number of piperazine rings is 1. The van der Waals surface area contributed by atoms with Gasteiger partial charge in [0.25, 0.3) is 0 Å². The summed E-state index contributed by atoms with van der Waals surface area (Å²) in [6.07, 6.45) is 7.19. The molecule has 1 N–H and O–H groups in total. The molecular weight excluding hydrogens is 172 g/mol. The van der Waals surface area contributed by atoms with Crippen molar-refractivity contribution in [3.05, 3.63) is 0 Å². The number of nitrogens with one attached hydrogen (secondary N) is 1. The Morgan fingerprint density at radius 2 is 2.00 bits per heavy atom. The van der Waals surface area contributed by atoms with Crippen LogP contribution in [0.4, 0.5) is 0 Å². The van der Waals surface area contributed by atoms with Crippen LogP contribution in [0.5, 0.6) is 0 Å². The third-order valence-corrected chi connectivity index (χ3v) is 4.50. The predicted molar refractivity (Wildman–Crippen MR) is 58.3 cm³/mol. The molecule has 1 saturated heterocycles.